The zero-order chi connectivity index (χ0) is 25.4. The van der Waals surface area contributed by atoms with Crippen molar-refractivity contribution in [1.29, 1.82) is 5.26 Å². The Kier molecular flexibility index (Phi) is 6.30. The highest BCUT2D eigenvalue weighted by molar-refractivity contribution is 5.75. The number of piperidine rings is 1. The van der Waals surface area contributed by atoms with Gasteiger partial charge in [-0.2, -0.15) is 10.2 Å². The van der Waals surface area contributed by atoms with Gasteiger partial charge in [0.25, 0.3) is 0 Å². The van der Waals surface area contributed by atoms with E-state index in [4.69, 9.17) is 19.5 Å². The van der Waals surface area contributed by atoms with Crippen LogP contribution in [0.3, 0.4) is 0 Å². The minimum Gasteiger partial charge on any atom is -0.472 e. The summed E-state index contributed by atoms with van der Waals surface area (Å²) in [6, 6.07) is 6.11. The molecule has 1 amide bonds. The van der Waals surface area contributed by atoms with E-state index in [9.17, 15) is 9.18 Å². The van der Waals surface area contributed by atoms with Crippen molar-refractivity contribution < 1.29 is 23.4 Å². The van der Waals surface area contributed by atoms with Crippen LogP contribution in [0.5, 0.6) is 5.88 Å². The van der Waals surface area contributed by atoms with E-state index in [2.05, 4.69) is 15.3 Å². The number of hydrogen-bond donors (Lipinski definition) is 1. The number of anilines is 3. The van der Waals surface area contributed by atoms with Crippen LogP contribution in [0.25, 0.3) is 0 Å². The smallest absolute Gasteiger partial charge is 0.410 e. The lowest BCUT2D eigenvalue weighted by molar-refractivity contribution is -0.111. The lowest BCUT2D eigenvalue weighted by Crippen LogP contribution is -2.59. The van der Waals surface area contributed by atoms with Gasteiger partial charge in [-0.15, -0.1) is 0 Å². The first-order valence-corrected chi connectivity index (χ1v) is 12.0. The van der Waals surface area contributed by atoms with E-state index in [1.807, 2.05) is 27.1 Å². The van der Waals surface area contributed by atoms with Crippen molar-refractivity contribution in [3.05, 3.63) is 35.9 Å². The number of hydrogen-bond acceptors (Lipinski definition) is 9. The topological polar surface area (TPSA) is 113 Å². The fourth-order valence-corrected chi connectivity index (χ4v) is 4.68. The van der Waals surface area contributed by atoms with Crippen molar-refractivity contribution >= 4 is 23.3 Å². The van der Waals surface area contributed by atoms with Crippen molar-refractivity contribution in [3.8, 4) is 11.9 Å². The van der Waals surface area contributed by atoms with Gasteiger partial charge in [-0.1, -0.05) is 0 Å². The standard InChI is InChI=1S/C25H29FN6O4/c1-25(6-7-25)36-24(33)32-10-16-12-34-13-17(11-32)21(16)35-23-20(31(2)3)22(28-14-29-23)30-19-5-4-15(9-27)8-18(19)26/h4-5,8,14,16-17,21H,6-7,10-13H2,1-3H3,(H,28,29,30). The molecule has 190 valence electrons. The van der Waals surface area contributed by atoms with E-state index in [0.29, 0.717) is 43.7 Å². The van der Waals surface area contributed by atoms with Crippen LogP contribution in [0.1, 0.15) is 25.3 Å². The lowest BCUT2D eigenvalue weighted by Gasteiger charge is -2.46. The van der Waals surface area contributed by atoms with Crippen molar-refractivity contribution in [2.24, 2.45) is 11.8 Å². The number of benzene rings is 1. The molecule has 1 aromatic carbocycles. The summed E-state index contributed by atoms with van der Waals surface area (Å²) in [5.74, 6) is 0.0679. The number of nitrogens with one attached hydrogen (secondary N) is 1. The molecule has 2 saturated heterocycles. The van der Waals surface area contributed by atoms with Crippen molar-refractivity contribution in [1.82, 2.24) is 14.9 Å². The van der Waals surface area contributed by atoms with E-state index in [1.165, 1.54) is 24.5 Å². The molecule has 3 fully saturated rings. The van der Waals surface area contributed by atoms with Crippen LogP contribution < -0.4 is 15.0 Å². The highest BCUT2D eigenvalue weighted by atomic mass is 19.1. The summed E-state index contributed by atoms with van der Waals surface area (Å²) in [7, 11) is 3.65. The third-order valence-corrected chi connectivity index (χ3v) is 6.88. The summed E-state index contributed by atoms with van der Waals surface area (Å²) < 4.78 is 32.5. The maximum Gasteiger partial charge on any atom is 0.410 e. The molecule has 1 saturated carbocycles. The maximum atomic E-state index is 14.5. The maximum absolute atomic E-state index is 14.5. The third-order valence-electron chi connectivity index (χ3n) is 6.88. The Morgan fingerprint density at radius 1 is 1.28 bits per heavy atom. The highest BCUT2D eigenvalue weighted by Crippen LogP contribution is 2.41. The summed E-state index contributed by atoms with van der Waals surface area (Å²) in [5.41, 5.74) is 0.648. The van der Waals surface area contributed by atoms with Gasteiger partial charge in [0, 0.05) is 39.0 Å². The molecule has 2 unspecified atom stereocenters. The molecule has 3 heterocycles. The van der Waals surface area contributed by atoms with Crippen molar-refractivity contribution in [3.63, 3.8) is 0 Å². The molecule has 0 spiro atoms. The molecule has 11 heteroatoms. The molecule has 2 aromatic rings. The van der Waals surface area contributed by atoms with Crippen LogP contribution in [-0.4, -0.2) is 73.1 Å². The SMILES string of the molecule is CN(C)c1c(Nc2ccc(C#N)cc2F)ncnc1OC1C2COCC1CN(C(=O)OC1(C)CC1)C2. The first kappa shape index (κ1) is 24.1. The van der Waals surface area contributed by atoms with Gasteiger partial charge in [0.05, 0.1) is 30.5 Å². The largest absolute Gasteiger partial charge is 0.472 e. The van der Waals surface area contributed by atoms with E-state index < -0.39 is 5.82 Å². The minimum absolute atomic E-state index is 0.0468. The summed E-state index contributed by atoms with van der Waals surface area (Å²) in [5, 5.41) is 12.0. The zero-order valence-corrected chi connectivity index (χ0v) is 20.5. The molecule has 2 aliphatic heterocycles. The molecule has 3 aliphatic rings. The summed E-state index contributed by atoms with van der Waals surface area (Å²) in [4.78, 5) is 25.0. The number of rotatable bonds is 6. The first-order chi connectivity index (χ1) is 17.3. The number of nitrogens with zero attached hydrogens (tertiary/aromatic N) is 5. The lowest BCUT2D eigenvalue weighted by atomic mass is 9.84. The monoisotopic (exact) mass is 496 g/mol. The van der Waals surface area contributed by atoms with Gasteiger partial charge in [-0.05, 0) is 38.0 Å². The molecule has 2 bridgehead atoms. The molecule has 5 rings (SSSR count). The predicted octanol–water partition coefficient (Wildman–Crippen LogP) is 3.31. The fourth-order valence-electron chi connectivity index (χ4n) is 4.68. The van der Waals surface area contributed by atoms with E-state index in [-0.39, 0.29) is 40.9 Å². The summed E-state index contributed by atoms with van der Waals surface area (Å²) >= 11 is 0. The Hall–Kier alpha value is -3.65. The number of likely N-dealkylation sites (tertiary alicyclic amines) is 1. The van der Waals surface area contributed by atoms with Gasteiger partial charge in [0.1, 0.15) is 29.5 Å². The molecule has 0 radical (unpaired) electrons. The molecule has 1 N–H and O–H groups in total. The third kappa shape index (κ3) is 4.86. The highest BCUT2D eigenvalue weighted by Gasteiger charge is 2.47. The van der Waals surface area contributed by atoms with E-state index in [1.54, 1.807) is 9.80 Å². The van der Waals surface area contributed by atoms with Gasteiger partial charge in [0.2, 0.25) is 5.88 Å². The second-order valence-corrected chi connectivity index (χ2v) is 10.1. The van der Waals surface area contributed by atoms with Crippen LogP contribution >= 0.6 is 0 Å². The molecule has 1 aromatic heterocycles. The van der Waals surface area contributed by atoms with Gasteiger partial charge >= 0.3 is 6.09 Å². The average Bonchev–Trinajstić information content (AvgIpc) is 3.56. The second kappa shape index (κ2) is 9.43. The number of halogens is 1. The van der Waals surface area contributed by atoms with Gasteiger partial charge in [-0.25, -0.2) is 14.2 Å². The summed E-state index contributed by atoms with van der Waals surface area (Å²) in [6.45, 7) is 3.83. The summed E-state index contributed by atoms with van der Waals surface area (Å²) in [6.07, 6.45) is 2.67. The van der Waals surface area contributed by atoms with Crippen LogP contribution in [0.15, 0.2) is 24.5 Å². The minimum atomic E-state index is -0.564. The molecule has 1 aliphatic carbocycles. The van der Waals surface area contributed by atoms with Crippen LogP contribution in [-0.2, 0) is 9.47 Å². The van der Waals surface area contributed by atoms with E-state index >= 15 is 0 Å². The quantitative estimate of drug-likeness (QED) is 0.643. The number of carbonyl (C=O) groups is 1. The normalized spacial score (nSPS) is 23.9. The Bertz CT molecular complexity index is 1180. The molecule has 36 heavy (non-hydrogen) atoms. The van der Waals surface area contributed by atoms with Crippen LogP contribution in [0.4, 0.5) is 26.4 Å². The number of carbonyl (C=O) groups excluding carboxylic acids is 1. The van der Waals surface area contributed by atoms with Crippen LogP contribution in [0.2, 0.25) is 0 Å². The number of aromatic nitrogens is 2. The molecular weight excluding hydrogens is 467 g/mol. The Morgan fingerprint density at radius 2 is 2.00 bits per heavy atom. The fraction of sp³-hybridized carbons (Fsp3) is 0.520. The number of nitriles is 1. The van der Waals surface area contributed by atoms with Gasteiger partial charge in [-0.3, -0.25) is 0 Å². The number of ether oxygens (including phenoxy) is 3. The predicted molar refractivity (Wildman–Crippen MR) is 129 cm³/mol. The number of amides is 1. The van der Waals surface area contributed by atoms with E-state index in [0.717, 1.165) is 12.8 Å². The number of fused-ring (bicyclic) bond motifs is 2. The van der Waals surface area contributed by atoms with Crippen molar-refractivity contribution in [2.45, 2.75) is 31.5 Å². The van der Waals surface area contributed by atoms with Crippen molar-refractivity contribution in [2.75, 3.05) is 50.6 Å². The second-order valence-electron chi connectivity index (χ2n) is 10.1. The molecule has 10 nitrogen and oxygen atoms in total. The van der Waals surface area contributed by atoms with Crippen LogP contribution in [0, 0.1) is 29.0 Å². The van der Waals surface area contributed by atoms with Gasteiger partial charge < -0.3 is 29.3 Å². The Labute approximate surface area is 209 Å². The molecular formula is C25H29FN6O4. The molecule has 2 atom stereocenters. The average molecular weight is 497 g/mol. The Balaban J connectivity index is 1.36. The Morgan fingerprint density at radius 3 is 2.61 bits per heavy atom. The first-order valence-electron chi connectivity index (χ1n) is 12.0. The zero-order valence-electron chi connectivity index (χ0n) is 20.5. The van der Waals surface area contributed by atoms with Gasteiger partial charge in [0.15, 0.2) is 5.82 Å².